The molecule has 102 valence electrons. The molecule has 0 spiro atoms. The van der Waals surface area contributed by atoms with Crippen molar-refractivity contribution in [2.45, 2.75) is 18.4 Å². The van der Waals surface area contributed by atoms with E-state index in [0.29, 0.717) is 11.1 Å². The minimum Gasteiger partial charge on any atom is -0.228 e. The van der Waals surface area contributed by atoms with Gasteiger partial charge in [0.25, 0.3) is 0 Å². The molecule has 0 radical (unpaired) electrons. The van der Waals surface area contributed by atoms with E-state index in [1.165, 1.54) is 0 Å². The van der Waals surface area contributed by atoms with Gasteiger partial charge in [0.2, 0.25) is 0 Å². The largest absolute Gasteiger partial charge is 0.228 e. The molecule has 0 atom stereocenters. The smallest absolute Gasteiger partial charge is 0.158 e. The van der Waals surface area contributed by atoms with Crippen LogP contribution in [0.2, 0.25) is 0 Å². The van der Waals surface area contributed by atoms with Crippen molar-refractivity contribution in [3.8, 4) is 6.07 Å². The predicted molar refractivity (Wildman–Crippen MR) is 78.7 cm³/mol. The predicted octanol–water partition coefficient (Wildman–Crippen LogP) is 2.98. The Morgan fingerprint density at radius 2 is 1.60 bits per heavy atom. The first-order valence-electron chi connectivity index (χ1n) is 6.23. The van der Waals surface area contributed by atoms with Crippen molar-refractivity contribution in [2.75, 3.05) is 0 Å². The second-order valence-corrected chi connectivity index (χ2v) is 6.90. The van der Waals surface area contributed by atoms with Crippen LogP contribution in [0.4, 0.5) is 0 Å². The molecule has 2 rings (SSSR count). The first kappa shape index (κ1) is 14.3. The molecule has 2 aromatic rings. The number of nitrogens with zero attached hydrogens (tertiary/aromatic N) is 1. The summed E-state index contributed by atoms with van der Waals surface area (Å²) in [7, 11) is -3.24. The van der Waals surface area contributed by atoms with Crippen molar-refractivity contribution in [3.05, 3.63) is 70.8 Å². The van der Waals surface area contributed by atoms with Crippen LogP contribution in [0.3, 0.4) is 0 Å². The number of hydrogen-bond donors (Lipinski definition) is 0. The molecule has 0 saturated heterocycles. The molecule has 4 heteroatoms. The first-order valence-corrected chi connectivity index (χ1v) is 8.06. The van der Waals surface area contributed by atoms with E-state index in [4.69, 9.17) is 5.26 Å². The molecule has 0 aromatic heterocycles. The van der Waals surface area contributed by atoms with E-state index < -0.39 is 9.84 Å². The van der Waals surface area contributed by atoms with Gasteiger partial charge in [0.1, 0.15) is 0 Å². The average Bonchev–Trinajstić information content (AvgIpc) is 2.37. The monoisotopic (exact) mass is 285 g/mol. The van der Waals surface area contributed by atoms with Crippen LogP contribution in [0.25, 0.3) is 0 Å². The molecule has 3 nitrogen and oxygen atoms in total. The number of nitriles is 1. The van der Waals surface area contributed by atoms with E-state index in [0.717, 1.165) is 11.1 Å². The van der Waals surface area contributed by atoms with Crippen LogP contribution in [0.5, 0.6) is 0 Å². The van der Waals surface area contributed by atoms with Gasteiger partial charge in [0, 0.05) is 0 Å². The van der Waals surface area contributed by atoms with E-state index in [2.05, 4.69) is 0 Å². The topological polar surface area (TPSA) is 57.9 Å². The Morgan fingerprint density at radius 3 is 2.20 bits per heavy atom. The van der Waals surface area contributed by atoms with Crippen molar-refractivity contribution >= 4 is 9.84 Å². The third kappa shape index (κ3) is 3.94. The van der Waals surface area contributed by atoms with Gasteiger partial charge in [-0.2, -0.15) is 5.26 Å². The van der Waals surface area contributed by atoms with Crippen LogP contribution in [0.1, 0.15) is 22.3 Å². The fraction of sp³-hybridized carbons (Fsp3) is 0.188. The SMILES string of the molecule is Cc1cccc(CS(=O)(=O)Cc2cccc(C#N)c2)c1. The molecule has 0 fully saturated rings. The summed E-state index contributed by atoms with van der Waals surface area (Å²) in [5, 5.41) is 8.83. The van der Waals surface area contributed by atoms with Crippen LogP contribution in [0, 0.1) is 18.3 Å². The van der Waals surface area contributed by atoms with Crippen molar-refractivity contribution in [3.63, 3.8) is 0 Å². The zero-order valence-corrected chi connectivity index (χ0v) is 12.0. The number of rotatable bonds is 4. The van der Waals surface area contributed by atoms with E-state index in [9.17, 15) is 8.42 Å². The summed E-state index contributed by atoms with van der Waals surface area (Å²) in [6.07, 6.45) is 0. The molecule has 0 saturated carbocycles. The highest BCUT2D eigenvalue weighted by molar-refractivity contribution is 7.89. The normalized spacial score (nSPS) is 11.0. The molecule has 2 aromatic carbocycles. The third-order valence-electron chi connectivity index (χ3n) is 2.91. The summed E-state index contributed by atoms with van der Waals surface area (Å²) in [5.41, 5.74) is 2.97. The summed E-state index contributed by atoms with van der Waals surface area (Å²) in [5.74, 6) is -0.0259. The molecular formula is C16H15NO2S. The maximum Gasteiger partial charge on any atom is 0.158 e. The minimum absolute atomic E-state index is 0.0193. The van der Waals surface area contributed by atoms with Gasteiger partial charge < -0.3 is 0 Å². The number of aryl methyl sites for hydroxylation is 1. The quantitative estimate of drug-likeness (QED) is 0.867. The van der Waals surface area contributed by atoms with Crippen LogP contribution >= 0.6 is 0 Å². The lowest BCUT2D eigenvalue weighted by atomic mass is 10.2. The summed E-state index contributed by atoms with van der Waals surface area (Å²) in [6.45, 7) is 1.94. The molecule has 0 bridgehead atoms. The lowest BCUT2D eigenvalue weighted by Crippen LogP contribution is -2.07. The van der Waals surface area contributed by atoms with Crippen LogP contribution in [-0.2, 0) is 21.3 Å². The van der Waals surface area contributed by atoms with E-state index in [1.807, 2.05) is 37.3 Å². The molecule has 0 aliphatic rings. The molecule has 0 heterocycles. The standard InChI is InChI=1S/C16H15NO2S/c1-13-4-2-6-15(8-13)11-20(18,19)12-16-7-3-5-14(9-16)10-17/h2-9H,11-12H2,1H3. The second kappa shape index (κ2) is 5.89. The maximum absolute atomic E-state index is 12.2. The van der Waals surface area contributed by atoms with Crippen molar-refractivity contribution in [1.29, 1.82) is 5.26 Å². The lowest BCUT2D eigenvalue weighted by Gasteiger charge is -2.06. The highest BCUT2D eigenvalue weighted by atomic mass is 32.2. The van der Waals surface area contributed by atoms with Gasteiger partial charge in [0.05, 0.1) is 23.1 Å². The molecule has 20 heavy (non-hydrogen) atoms. The van der Waals surface area contributed by atoms with Crippen LogP contribution in [0.15, 0.2) is 48.5 Å². The van der Waals surface area contributed by atoms with Crippen LogP contribution in [-0.4, -0.2) is 8.42 Å². The minimum atomic E-state index is -3.24. The summed E-state index contributed by atoms with van der Waals surface area (Å²) in [4.78, 5) is 0. The van der Waals surface area contributed by atoms with Gasteiger partial charge in [-0.1, -0.05) is 42.0 Å². The molecule has 0 aliphatic heterocycles. The Bertz CT molecular complexity index is 758. The lowest BCUT2D eigenvalue weighted by molar-refractivity contribution is 0.594. The fourth-order valence-corrected chi connectivity index (χ4v) is 3.57. The molecule has 0 aliphatic carbocycles. The molecule has 0 N–H and O–H groups in total. The van der Waals surface area contributed by atoms with Gasteiger partial charge in [-0.05, 0) is 30.2 Å². The van der Waals surface area contributed by atoms with Gasteiger partial charge >= 0.3 is 0 Å². The molecular weight excluding hydrogens is 270 g/mol. The van der Waals surface area contributed by atoms with Gasteiger partial charge in [-0.3, -0.25) is 0 Å². The Labute approximate surface area is 119 Å². The van der Waals surface area contributed by atoms with Gasteiger partial charge in [-0.25, -0.2) is 8.42 Å². The zero-order valence-electron chi connectivity index (χ0n) is 11.2. The average molecular weight is 285 g/mol. The number of sulfone groups is 1. The zero-order chi connectivity index (χ0) is 14.6. The Balaban J connectivity index is 2.17. The van der Waals surface area contributed by atoms with E-state index in [1.54, 1.807) is 24.3 Å². The Morgan fingerprint density at radius 1 is 1.00 bits per heavy atom. The van der Waals surface area contributed by atoms with Gasteiger partial charge in [0.15, 0.2) is 9.84 Å². The maximum atomic E-state index is 12.2. The molecule has 0 unspecified atom stereocenters. The van der Waals surface area contributed by atoms with Crippen LogP contribution < -0.4 is 0 Å². The third-order valence-corrected chi connectivity index (χ3v) is 4.46. The summed E-state index contributed by atoms with van der Waals surface area (Å²) >= 11 is 0. The second-order valence-electron chi connectivity index (χ2n) is 4.83. The Hall–Kier alpha value is -2.12. The summed E-state index contributed by atoms with van der Waals surface area (Å²) < 4.78 is 24.4. The van der Waals surface area contributed by atoms with E-state index in [-0.39, 0.29) is 11.5 Å². The van der Waals surface area contributed by atoms with Crippen molar-refractivity contribution in [1.82, 2.24) is 0 Å². The molecule has 0 amide bonds. The van der Waals surface area contributed by atoms with Crippen molar-refractivity contribution in [2.24, 2.45) is 0 Å². The Kier molecular flexibility index (Phi) is 4.21. The van der Waals surface area contributed by atoms with Crippen molar-refractivity contribution < 1.29 is 8.42 Å². The number of hydrogen-bond acceptors (Lipinski definition) is 3. The highest BCUT2D eigenvalue weighted by Gasteiger charge is 2.13. The first-order chi connectivity index (χ1) is 9.48. The van der Waals surface area contributed by atoms with Gasteiger partial charge in [-0.15, -0.1) is 0 Å². The fourth-order valence-electron chi connectivity index (χ4n) is 2.09. The summed E-state index contributed by atoms with van der Waals surface area (Å²) in [6, 6.07) is 16.2. The van der Waals surface area contributed by atoms with E-state index >= 15 is 0 Å². The highest BCUT2D eigenvalue weighted by Crippen LogP contribution is 2.14. The number of benzene rings is 2.